The molecule has 1 aliphatic carbocycles. The third-order valence-corrected chi connectivity index (χ3v) is 5.19. The van der Waals surface area contributed by atoms with Crippen LogP contribution in [0.4, 0.5) is 0 Å². The molecule has 0 unspecified atom stereocenters. The summed E-state index contributed by atoms with van der Waals surface area (Å²) < 4.78 is 8.05. The lowest BCUT2D eigenvalue weighted by Gasteiger charge is -2.21. The highest BCUT2D eigenvalue weighted by molar-refractivity contribution is 14.0. The van der Waals surface area contributed by atoms with E-state index in [2.05, 4.69) is 38.4 Å². The van der Waals surface area contributed by atoms with Gasteiger partial charge in [0.2, 0.25) is 0 Å². The van der Waals surface area contributed by atoms with E-state index >= 15 is 0 Å². The summed E-state index contributed by atoms with van der Waals surface area (Å²) in [5, 5.41) is 11.3. The Morgan fingerprint density at radius 3 is 2.46 bits per heavy atom. The maximum absolute atomic E-state index is 5.98. The van der Waals surface area contributed by atoms with Crippen molar-refractivity contribution >= 4 is 29.9 Å². The van der Waals surface area contributed by atoms with Crippen molar-refractivity contribution < 1.29 is 4.74 Å². The number of nitrogens with one attached hydrogen (secondary N) is 2. The fourth-order valence-corrected chi connectivity index (χ4v) is 3.65. The fourth-order valence-electron chi connectivity index (χ4n) is 3.65. The third-order valence-electron chi connectivity index (χ3n) is 5.19. The molecular weight excluding hydrogens is 465 g/mol. The van der Waals surface area contributed by atoms with Gasteiger partial charge in [0.25, 0.3) is 0 Å². The van der Waals surface area contributed by atoms with Crippen LogP contribution < -0.4 is 10.6 Å². The molecule has 1 saturated carbocycles. The Morgan fingerprint density at radius 2 is 1.82 bits per heavy atom. The molecule has 0 radical (unpaired) electrons. The number of aliphatic imine (C=N–C) groups is 1. The van der Waals surface area contributed by atoms with Gasteiger partial charge in [0.1, 0.15) is 0 Å². The van der Waals surface area contributed by atoms with Crippen molar-refractivity contribution in [3.63, 3.8) is 0 Å². The lowest BCUT2D eigenvalue weighted by molar-refractivity contribution is 0.0264. The molecule has 2 rings (SSSR count). The topological polar surface area (TPSA) is 63.5 Å². The molecule has 162 valence electrons. The first-order chi connectivity index (χ1) is 13.2. The van der Waals surface area contributed by atoms with Crippen molar-refractivity contribution in [3.05, 3.63) is 17.5 Å². The Morgan fingerprint density at radius 1 is 1.11 bits per heavy atom. The third kappa shape index (κ3) is 10.1. The van der Waals surface area contributed by atoms with Crippen LogP contribution in [-0.4, -0.2) is 48.6 Å². The highest BCUT2D eigenvalue weighted by Gasteiger charge is 2.12. The van der Waals surface area contributed by atoms with Gasteiger partial charge in [-0.1, -0.05) is 19.3 Å². The van der Waals surface area contributed by atoms with Crippen molar-refractivity contribution in [2.75, 3.05) is 26.7 Å². The lowest BCUT2D eigenvalue weighted by Crippen LogP contribution is -2.38. The summed E-state index contributed by atoms with van der Waals surface area (Å²) in [5.41, 5.74) is 2.31. The van der Waals surface area contributed by atoms with Crippen LogP contribution in [0, 0.1) is 13.8 Å². The smallest absolute Gasteiger partial charge is 0.190 e. The number of nitrogens with zero attached hydrogens (tertiary/aromatic N) is 3. The van der Waals surface area contributed by atoms with Crippen LogP contribution in [0.25, 0.3) is 0 Å². The van der Waals surface area contributed by atoms with Crippen molar-refractivity contribution in [1.29, 1.82) is 0 Å². The minimum atomic E-state index is 0. The van der Waals surface area contributed by atoms with E-state index < -0.39 is 0 Å². The molecule has 0 aromatic carbocycles. The SMILES string of the molecule is CN=C(NCCCCCOC1CCCCC1)NCCCn1nc(C)cc1C.I. The van der Waals surface area contributed by atoms with E-state index in [-0.39, 0.29) is 24.0 Å². The Labute approximate surface area is 188 Å². The van der Waals surface area contributed by atoms with E-state index in [0.717, 1.165) is 57.2 Å². The minimum absolute atomic E-state index is 0. The van der Waals surface area contributed by atoms with Gasteiger partial charge in [-0.15, -0.1) is 24.0 Å². The van der Waals surface area contributed by atoms with Gasteiger partial charge in [-0.3, -0.25) is 9.67 Å². The van der Waals surface area contributed by atoms with Crippen molar-refractivity contribution in [3.8, 4) is 0 Å². The molecular formula is C21H40IN5O. The van der Waals surface area contributed by atoms with Crippen LogP contribution in [0.2, 0.25) is 0 Å². The second-order valence-corrected chi connectivity index (χ2v) is 7.62. The molecule has 0 bridgehead atoms. The minimum Gasteiger partial charge on any atom is -0.378 e. The fraction of sp³-hybridized carbons (Fsp3) is 0.810. The predicted molar refractivity (Wildman–Crippen MR) is 128 cm³/mol. The summed E-state index contributed by atoms with van der Waals surface area (Å²) in [5.74, 6) is 0.891. The molecule has 0 atom stereocenters. The molecule has 2 N–H and O–H groups in total. The average Bonchev–Trinajstić information content (AvgIpc) is 3.00. The summed E-state index contributed by atoms with van der Waals surface area (Å²) in [6.45, 7) is 7.85. The Bertz CT molecular complexity index is 555. The summed E-state index contributed by atoms with van der Waals surface area (Å²) in [6, 6.07) is 2.12. The van der Waals surface area contributed by atoms with Crippen molar-refractivity contribution in [2.24, 2.45) is 4.99 Å². The molecule has 6 nitrogen and oxygen atoms in total. The van der Waals surface area contributed by atoms with Crippen LogP contribution in [0.1, 0.15) is 69.2 Å². The molecule has 0 amide bonds. The van der Waals surface area contributed by atoms with Crippen molar-refractivity contribution in [2.45, 2.75) is 84.3 Å². The Hall–Kier alpha value is -0.830. The van der Waals surface area contributed by atoms with Crippen LogP contribution in [0.15, 0.2) is 11.1 Å². The largest absolute Gasteiger partial charge is 0.378 e. The summed E-state index contributed by atoms with van der Waals surface area (Å²) in [6.07, 6.45) is 11.7. The van der Waals surface area contributed by atoms with Crippen LogP contribution >= 0.6 is 24.0 Å². The van der Waals surface area contributed by atoms with Gasteiger partial charge in [-0.25, -0.2) is 0 Å². The number of hydrogen-bond acceptors (Lipinski definition) is 3. The van der Waals surface area contributed by atoms with E-state index in [1.54, 1.807) is 0 Å². The van der Waals surface area contributed by atoms with Gasteiger partial charge in [-0.2, -0.15) is 5.10 Å². The van der Waals surface area contributed by atoms with E-state index in [1.807, 2.05) is 14.0 Å². The number of halogens is 1. The first-order valence-electron chi connectivity index (χ1n) is 10.8. The van der Waals surface area contributed by atoms with Gasteiger partial charge in [0, 0.05) is 39.0 Å². The number of rotatable bonds is 11. The second kappa shape index (κ2) is 15.1. The normalized spacial score (nSPS) is 15.3. The lowest BCUT2D eigenvalue weighted by atomic mass is 9.98. The van der Waals surface area contributed by atoms with E-state index in [4.69, 9.17) is 4.74 Å². The van der Waals surface area contributed by atoms with E-state index in [0.29, 0.717) is 6.10 Å². The van der Waals surface area contributed by atoms with Gasteiger partial charge < -0.3 is 15.4 Å². The van der Waals surface area contributed by atoms with Crippen LogP contribution in [-0.2, 0) is 11.3 Å². The molecule has 1 aromatic heterocycles. The van der Waals surface area contributed by atoms with Gasteiger partial charge in [-0.05, 0) is 58.4 Å². The molecule has 0 aliphatic heterocycles. The number of hydrogen-bond donors (Lipinski definition) is 2. The molecule has 0 saturated heterocycles. The summed E-state index contributed by atoms with van der Waals surface area (Å²) >= 11 is 0. The van der Waals surface area contributed by atoms with Crippen LogP contribution in [0.5, 0.6) is 0 Å². The average molecular weight is 505 g/mol. The zero-order chi connectivity index (χ0) is 19.3. The highest BCUT2D eigenvalue weighted by Crippen LogP contribution is 2.20. The molecule has 0 spiro atoms. The Kier molecular flexibility index (Phi) is 13.6. The number of aromatic nitrogens is 2. The zero-order valence-corrected chi connectivity index (χ0v) is 20.3. The number of guanidine groups is 1. The number of unbranched alkanes of at least 4 members (excludes halogenated alkanes) is 2. The van der Waals surface area contributed by atoms with Gasteiger partial charge in [0.05, 0.1) is 11.8 Å². The zero-order valence-electron chi connectivity index (χ0n) is 18.0. The quantitative estimate of drug-likeness (QED) is 0.205. The maximum Gasteiger partial charge on any atom is 0.190 e. The molecule has 7 heteroatoms. The maximum atomic E-state index is 5.98. The highest BCUT2D eigenvalue weighted by atomic mass is 127. The van der Waals surface area contributed by atoms with E-state index in [9.17, 15) is 0 Å². The molecule has 1 heterocycles. The van der Waals surface area contributed by atoms with E-state index in [1.165, 1.54) is 44.2 Å². The molecule has 1 aliphatic rings. The monoisotopic (exact) mass is 505 g/mol. The summed E-state index contributed by atoms with van der Waals surface area (Å²) in [4.78, 5) is 4.30. The first kappa shape index (κ1) is 25.2. The molecule has 28 heavy (non-hydrogen) atoms. The van der Waals surface area contributed by atoms with Gasteiger partial charge in [0.15, 0.2) is 5.96 Å². The van der Waals surface area contributed by atoms with Gasteiger partial charge >= 0.3 is 0 Å². The second-order valence-electron chi connectivity index (χ2n) is 7.62. The molecule has 1 fully saturated rings. The molecule has 1 aromatic rings. The van der Waals surface area contributed by atoms with Crippen molar-refractivity contribution in [1.82, 2.24) is 20.4 Å². The number of aryl methyl sites for hydroxylation is 3. The predicted octanol–water partition coefficient (Wildman–Crippen LogP) is 4.19. The summed E-state index contributed by atoms with van der Waals surface area (Å²) in [7, 11) is 1.83. The Balaban J connectivity index is 0.00000392. The van der Waals surface area contributed by atoms with Crippen LogP contribution in [0.3, 0.4) is 0 Å². The number of ether oxygens (including phenoxy) is 1. The standard InChI is InChI=1S/C21H39N5O.HI/c1-18-17-19(2)26(25-18)15-10-14-24-21(22-3)23-13-8-5-9-16-27-20-11-6-4-7-12-20;/h17,20H,4-16H2,1-3H3,(H2,22,23,24);1H. The first-order valence-corrected chi connectivity index (χ1v) is 10.8.